The van der Waals surface area contributed by atoms with Crippen LogP contribution in [-0.4, -0.2) is 57.9 Å². The second kappa shape index (κ2) is 7.42. The first-order chi connectivity index (χ1) is 13.9. The van der Waals surface area contributed by atoms with Gasteiger partial charge in [0, 0.05) is 24.7 Å². The van der Waals surface area contributed by atoms with Crippen molar-refractivity contribution in [2.24, 2.45) is 0 Å². The second-order valence-electron chi connectivity index (χ2n) is 6.88. The summed E-state index contributed by atoms with van der Waals surface area (Å²) in [6.07, 6.45) is 1.23. The van der Waals surface area contributed by atoms with Gasteiger partial charge in [0.2, 0.25) is 5.91 Å². The Bertz CT molecular complexity index is 1030. The van der Waals surface area contributed by atoms with Gasteiger partial charge in [0.1, 0.15) is 11.5 Å². The van der Waals surface area contributed by atoms with Crippen molar-refractivity contribution in [2.75, 3.05) is 25.5 Å². The molecular weight excluding hydrogens is 377 g/mol. The van der Waals surface area contributed by atoms with Gasteiger partial charge in [0.25, 0.3) is 11.8 Å². The Kier molecular flexibility index (Phi) is 4.79. The molecule has 0 bridgehead atoms. The Labute approximate surface area is 166 Å². The van der Waals surface area contributed by atoms with Crippen molar-refractivity contribution in [2.45, 2.75) is 12.8 Å². The maximum absolute atomic E-state index is 13.3. The first kappa shape index (κ1) is 18.7. The normalized spacial score (nSPS) is 16.3. The van der Waals surface area contributed by atoms with Gasteiger partial charge in [0.15, 0.2) is 5.82 Å². The standard InChI is InChI=1S/C20H18FN5O3/c1-25-19(28)14-6-3-9-26(18(14)20(25)29)11-17(27)22-16-8-7-15(23-24-16)12-4-2-5-13(21)10-12/h2,4-5,7-8,10H,3,6,9,11H2,1H3,(H,22,24,27). The molecule has 3 amide bonds. The molecule has 2 aliphatic rings. The molecule has 9 heteroatoms. The molecule has 0 saturated carbocycles. The molecule has 2 aliphatic heterocycles. The molecule has 0 fully saturated rings. The van der Waals surface area contributed by atoms with Crippen molar-refractivity contribution in [3.8, 4) is 11.3 Å². The van der Waals surface area contributed by atoms with E-state index in [9.17, 15) is 18.8 Å². The number of rotatable bonds is 4. The van der Waals surface area contributed by atoms with Crippen LogP contribution in [0, 0.1) is 5.82 Å². The van der Waals surface area contributed by atoms with Crippen LogP contribution < -0.4 is 5.32 Å². The number of imide groups is 1. The third-order valence-corrected chi connectivity index (χ3v) is 4.91. The van der Waals surface area contributed by atoms with E-state index in [1.54, 1.807) is 29.2 Å². The number of aromatic nitrogens is 2. The number of hydrogen-bond acceptors (Lipinski definition) is 6. The van der Waals surface area contributed by atoms with Gasteiger partial charge in [-0.3, -0.25) is 19.3 Å². The first-order valence-corrected chi connectivity index (χ1v) is 9.14. The molecule has 0 spiro atoms. The van der Waals surface area contributed by atoms with E-state index in [2.05, 4.69) is 15.5 Å². The van der Waals surface area contributed by atoms with E-state index < -0.39 is 0 Å². The summed E-state index contributed by atoms with van der Waals surface area (Å²) in [4.78, 5) is 39.6. The van der Waals surface area contributed by atoms with E-state index >= 15 is 0 Å². The highest BCUT2D eigenvalue weighted by molar-refractivity contribution is 6.19. The Morgan fingerprint density at radius 2 is 2.00 bits per heavy atom. The maximum Gasteiger partial charge on any atom is 0.277 e. The molecule has 0 atom stereocenters. The molecule has 0 radical (unpaired) electrons. The van der Waals surface area contributed by atoms with Gasteiger partial charge in [0.05, 0.1) is 12.2 Å². The molecule has 2 aromatic rings. The predicted molar refractivity (Wildman–Crippen MR) is 102 cm³/mol. The van der Waals surface area contributed by atoms with Crippen molar-refractivity contribution < 1.29 is 18.8 Å². The molecule has 1 aromatic heterocycles. The minimum atomic E-state index is -0.378. The van der Waals surface area contributed by atoms with Crippen LogP contribution in [0.25, 0.3) is 11.3 Å². The smallest absolute Gasteiger partial charge is 0.277 e. The third-order valence-electron chi connectivity index (χ3n) is 4.91. The number of nitrogens with zero attached hydrogens (tertiary/aromatic N) is 4. The average molecular weight is 395 g/mol. The van der Waals surface area contributed by atoms with Crippen LogP contribution in [-0.2, 0) is 14.4 Å². The van der Waals surface area contributed by atoms with E-state index in [4.69, 9.17) is 0 Å². The number of benzene rings is 1. The summed E-state index contributed by atoms with van der Waals surface area (Å²) < 4.78 is 13.3. The van der Waals surface area contributed by atoms with Crippen LogP contribution >= 0.6 is 0 Å². The third kappa shape index (κ3) is 3.58. The highest BCUT2D eigenvalue weighted by Gasteiger charge is 2.40. The van der Waals surface area contributed by atoms with E-state index in [1.165, 1.54) is 19.2 Å². The van der Waals surface area contributed by atoms with Gasteiger partial charge in [-0.2, -0.15) is 0 Å². The predicted octanol–water partition coefficient (Wildman–Crippen LogP) is 1.57. The highest BCUT2D eigenvalue weighted by Crippen LogP contribution is 2.30. The van der Waals surface area contributed by atoms with Crippen molar-refractivity contribution in [3.05, 3.63) is 53.5 Å². The van der Waals surface area contributed by atoms with Crippen molar-refractivity contribution >= 4 is 23.5 Å². The molecular formula is C20H18FN5O3. The highest BCUT2D eigenvalue weighted by atomic mass is 19.1. The Balaban J connectivity index is 1.44. The zero-order chi connectivity index (χ0) is 20.5. The summed E-state index contributed by atoms with van der Waals surface area (Å²) in [5.41, 5.74) is 1.84. The molecule has 0 aliphatic carbocycles. The van der Waals surface area contributed by atoms with Gasteiger partial charge in [-0.15, -0.1) is 10.2 Å². The summed E-state index contributed by atoms with van der Waals surface area (Å²) in [5.74, 6) is -1.18. The Morgan fingerprint density at radius 1 is 1.17 bits per heavy atom. The fourth-order valence-corrected chi connectivity index (χ4v) is 3.51. The van der Waals surface area contributed by atoms with Gasteiger partial charge in [-0.25, -0.2) is 4.39 Å². The molecule has 3 heterocycles. The fraction of sp³-hybridized carbons (Fsp3) is 0.250. The van der Waals surface area contributed by atoms with Gasteiger partial charge in [-0.05, 0) is 37.1 Å². The minimum Gasteiger partial charge on any atom is -0.357 e. The summed E-state index contributed by atoms with van der Waals surface area (Å²) >= 11 is 0. The van der Waals surface area contributed by atoms with E-state index in [0.29, 0.717) is 41.9 Å². The fourth-order valence-electron chi connectivity index (χ4n) is 3.51. The number of halogens is 1. The first-order valence-electron chi connectivity index (χ1n) is 9.14. The van der Waals surface area contributed by atoms with Gasteiger partial charge >= 0.3 is 0 Å². The number of nitrogens with one attached hydrogen (secondary N) is 1. The van der Waals surface area contributed by atoms with Crippen molar-refractivity contribution in [1.82, 2.24) is 20.0 Å². The summed E-state index contributed by atoms with van der Waals surface area (Å²) in [5, 5.41) is 10.6. The summed E-state index contributed by atoms with van der Waals surface area (Å²) in [6, 6.07) is 9.19. The number of likely N-dealkylation sites (N-methyl/N-ethyl adjacent to an activating group) is 1. The molecule has 1 aromatic carbocycles. The lowest BCUT2D eigenvalue weighted by molar-refractivity contribution is -0.136. The largest absolute Gasteiger partial charge is 0.357 e. The van der Waals surface area contributed by atoms with Crippen LogP contribution in [0.3, 0.4) is 0 Å². The number of carbonyl (C=O) groups excluding carboxylic acids is 3. The molecule has 1 N–H and O–H groups in total. The molecule has 29 heavy (non-hydrogen) atoms. The number of anilines is 1. The van der Waals surface area contributed by atoms with Gasteiger partial charge < -0.3 is 10.2 Å². The lowest BCUT2D eigenvalue weighted by Crippen LogP contribution is -2.38. The number of carbonyl (C=O) groups is 3. The molecule has 4 rings (SSSR count). The quantitative estimate of drug-likeness (QED) is 0.790. The van der Waals surface area contributed by atoms with Crippen LogP contribution in [0.5, 0.6) is 0 Å². The Morgan fingerprint density at radius 3 is 2.72 bits per heavy atom. The minimum absolute atomic E-state index is 0.0704. The van der Waals surface area contributed by atoms with E-state index in [1.807, 2.05) is 0 Å². The van der Waals surface area contributed by atoms with Crippen molar-refractivity contribution in [1.29, 1.82) is 0 Å². The SMILES string of the molecule is CN1C(=O)C2=C(C1=O)N(CC(=O)Nc1ccc(-c3cccc(F)c3)nn1)CCC2. The lowest BCUT2D eigenvalue weighted by Gasteiger charge is -2.28. The molecule has 8 nitrogen and oxygen atoms in total. The molecule has 0 saturated heterocycles. The zero-order valence-corrected chi connectivity index (χ0v) is 15.7. The molecule has 0 unspecified atom stereocenters. The van der Waals surface area contributed by atoms with Crippen LogP contribution in [0.15, 0.2) is 47.7 Å². The van der Waals surface area contributed by atoms with Crippen molar-refractivity contribution in [3.63, 3.8) is 0 Å². The lowest BCUT2D eigenvalue weighted by atomic mass is 10.0. The number of hydrogen-bond donors (Lipinski definition) is 1. The summed E-state index contributed by atoms with van der Waals surface area (Å²) in [6.45, 7) is 0.447. The van der Waals surface area contributed by atoms with Crippen LogP contribution in [0.2, 0.25) is 0 Å². The van der Waals surface area contributed by atoms with Gasteiger partial charge in [-0.1, -0.05) is 12.1 Å². The van der Waals surface area contributed by atoms with E-state index in [0.717, 1.165) is 4.90 Å². The Hall–Kier alpha value is -3.62. The second-order valence-corrected chi connectivity index (χ2v) is 6.88. The average Bonchev–Trinajstić information content (AvgIpc) is 2.93. The topological polar surface area (TPSA) is 95.5 Å². The zero-order valence-electron chi connectivity index (χ0n) is 15.7. The number of amides is 3. The monoisotopic (exact) mass is 395 g/mol. The van der Waals surface area contributed by atoms with E-state index in [-0.39, 0.29) is 35.9 Å². The maximum atomic E-state index is 13.3. The van der Waals surface area contributed by atoms with Crippen LogP contribution in [0.1, 0.15) is 12.8 Å². The summed E-state index contributed by atoms with van der Waals surface area (Å²) in [7, 11) is 1.44. The molecule has 148 valence electrons. The van der Waals surface area contributed by atoms with Crippen LogP contribution in [0.4, 0.5) is 10.2 Å².